The summed E-state index contributed by atoms with van der Waals surface area (Å²) in [7, 11) is 1.83. The molecule has 0 saturated carbocycles. The smallest absolute Gasteiger partial charge is 0.312 e. The van der Waals surface area contributed by atoms with Gasteiger partial charge in [-0.3, -0.25) is 14.3 Å². The Morgan fingerprint density at radius 1 is 1.26 bits per heavy atom. The van der Waals surface area contributed by atoms with E-state index in [1.54, 1.807) is 28.9 Å². The number of aliphatic carboxylic acids is 1. The first kappa shape index (κ1) is 16.7. The van der Waals surface area contributed by atoms with Crippen LogP contribution in [0, 0.1) is 13.8 Å². The fourth-order valence-corrected chi connectivity index (χ4v) is 2.55. The maximum atomic E-state index is 12.1. The lowest BCUT2D eigenvalue weighted by Gasteiger charge is -2.14. The molecule has 0 radical (unpaired) electrons. The number of aryl methyl sites for hydroxylation is 2. The lowest BCUT2D eigenvalue weighted by molar-refractivity contribution is -0.138. The van der Waals surface area contributed by atoms with Gasteiger partial charge in [-0.15, -0.1) is 0 Å². The molecule has 2 N–H and O–H groups in total. The topological polar surface area (TPSA) is 84.2 Å². The third kappa shape index (κ3) is 3.97. The van der Waals surface area contributed by atoms with E-state index in [2.05, 4.69) is 10.4 Å². The number of benzene rings is 1. The minimum atomic E-state index is -0.953. The molecule has 2 aromatic rings. The number of nitrogens with zero attached hydrogens (tertiary/aromatic N) is 2. The van der Waals surface area contributed by atoms with Crippen LogP contribution in [-0.4, -0.2) is 33.3 Å². The lowest BCUT2D eigenvalue weighted by Crippen LogP contribution is -2.32. The van der Waals surface area contributed by atoms with E-state index in [-0.39, 0.29) is 18.9 Å². The number of carboxylic acids is 1. The second-order valence-corrected chi connectivity index (χ2v) is 5.56. The summed E-state index contributed by atoms with van der Waals surface area (Å²) in [5.74, 6) is -1.91. The quantitative estimate of drug-likeness (QED) is 0.847. The normalized spacial score (nSPS) is 12.0. The zero-order valence-electron chi connectivity index (χ0n) is 13.5. The molecule has 0 spiro atoms. The van der Waals surface area contributed by atoms with Crippen molar-refractivity contribution < 1.29 is 14.7 Å². The van der Waals surface area contributed by atoms with E-state index < -0.39 is 11.9 Å². The van der Waals surface area contributed by atoms with Crippen molar-refractivity contribution in [2.45, 2.75) is 26.2 Å². The van der Waals surface area contributed by atoms with Gasteiger partial charge in [0.25, 0.3) is 0 Å². The number of hydrogen-bond donors (Lipinski definition) is 2. The molecule has 0 bridgehead atoms. The van der Waals surface area contributed by atoms with Gasteiger partial charge in [0, 0.05) is 24.8 Å². The molecule has 0 aliphatic carbocycles. The Kier molecular flexibility index (Phi) is 5.16. The van der Waals surface area contributed by atoms with Crippen LogP contribution >= 0.6 is 0 Å². The van der Waals surface area contributed by atoms with E-state index in [1.165, 1.54) is 0 Å². The van der Waals surface area contributed by atoms with Crippen LogP contribution in [0.15, 0.2) is 30.3 Å². The summed E-state index contributed by atoms with van der Waals surface area (Å²) in [6, 6.07) is 8.90. The molecule has 122 valence electrons. The minimum Gasteiger partial charge on any atom is -0.481 e. The van der Waals surface area contributed by atoms with E-state index in [1.807, 2.05) is 27.0 Å². The molecule has 0 fully saturated rings. The Labute approximate surface area is 135 Å². The Morgan fingerprint density at radius 3 is 2.43 bits per heavy atom. The molecule has 0 saturated heterocycles. The number of carbonyl (C=O) groups excluding carboxylic acids is 1. The van der Waals surface area contributed by atoms with Crippen molar-refractivity contribution in [2.75, 3.05) is 6.54 Å². The lowest BCUT2D eigenvalue weighted by atomic mass is 9.99. The maximum Gasteiger partial charge on any atom is 0.312 e. The largest absolute Gasteiger partial charge is 0.481 e. The second-order valence-electron chi connectivity index (χ2n) is 5.56. The van der Waals surface area contributed by atoms with Crippen molar-refractivity contribution in [3.05, 3.63) is 52.8 Å². The first-order valence-corrected chi connectivity index (χ1v) is 7.43. The van der Waals surface area contributed by atoms with Gasteiger partial charge in [0.15, 0.2) is 0 Å². The monoisotopic (exact) mass is 315 g/mol. The van der Waals surface area contributed by atoms with Gasteiger partial charge in [-0.25, -0.2) is 0 Å². The van der Waals surface area contributed by atoms with Crippen LogP contribution in [-0.2, 0) is 23.1 Å². The van der Waals surface area contributed by atoms with Crippen LogP contribution in [0.25, 0.3) is 0 Å². The molecule has 1 aromatic carbocycles. The zero-order chi connectivity index (χ0) is 17.0. The Hall–Kier alpha value is -2.63. The highest BCUT2D eigenvalue weighted by Crippen LogP contribution is 2.16. The molecule has 6 heteroatoms. The summed E-state index contributed by atoms with van der Waals surface area (Å²) >= 11 is 0. The SMILES string of the molecule is Cc1nn(C)c(C)c1CC(=O)NCC(C(=O)O)c1ccccc1. The molecule has 1 unspecified atom stereocenters. The highest BCUT2D eigenvalue weighted by molar-refractivity contribution is 5.81. The first-order chi connectivity index (χ1) is 10.9. The fraction of sp³-hybridized carbons (Fsp3) is 0.353. The van der Waals surface area contributed by atoms with Gasteiger partial charge in [0.1, 0.15) is 0 Å². The van der Waals surface area contributed by atoms with E-state index in [0.717, 1.165) is 17.0 Å². The number of rotatable bonds is 6. The van der Waals surface area contributed by atoms with Crippen molar-refractivity contribution in [3.63, 3.8) is 0 Å². The molecule has 1 heterocycles. The summed E-state index contributed by atoms with van der Waals surface area (Å²) in [6.07, 6.45) is 0.201. The molecule has 0 aliphatic rings. The number of carboxylic acid groups (broad SMARTS) is 1. The van der Waals surface area contributed by atoms with Crippen LogP contribution in [0.2, 0.25) is 0 Å². The summed E-state index contributed by atoms with van der Waals surface area (Å²) in [6.45, 7) is 3.84. The van der Waals surface area contributed by atoms with Gasteiger partial charge in [-0.05, 0) is 19.4 Å². The highest BCUT2D eigenvalue weighted by atomic mass is 16.4. The van der Waals surface area contributed by atoms with E-state index in [4.69, 9.17) is 0 Å². The van der Waals surface area contributed by atoms with Crippen molar-refractivity contribution in [1.82, 2.24) is 15.1 Å². The van der Waals surface area contributed by atoms with E-state index >= 15 is 0 Å². The summed E-state index contributed by atoms with van der Waals surface area (Å²) < 4.78 is 1.74. The second kappa shape index (κ2) is 7.09. The van der Waals surface area contributed by atoms with Crippen LogP contribution in [0.5, 0.6) is 0 Å². The molecule has 23 heavy (non-hydrogen) atoms. The highest BCUT2D eigenvalue weighted by Gasteiger charge is 2.21. The van der Waals surface area contributed by atoms with Crippen LogP contribution in [0.4, 0.5) is 0 Å². The van der Waals surface area contributed by atoms with Crippen LogP contribution in [0.3, 0.4) is 0 Å². The van der Waals surface area contributed by atoms with E-state index in [0.29, 0.717) is 5.56 Å². The predicted octanol–water partition coefficient (Wildman–Crippen LogP) is 1.56. The van der Waals surface area contributed by atoms with Crippen molar-refractivity contribution >= 4 is 11.9 Å². The molecular weight excluding hydrogens is 294 g/mol. The standard InChI is InChI=1S/C17H21N3O3/c1-11-14(12(2)20(3)19-11)9-16(21)18-10-15(17(22)23)13-7-5-4-6-8-13/h4-8,15H,9-10H2,1-3H3,(H,18,21)(H,22,23). The third-order valence-corrected chi connectivity index (χ3v) is 4.00. The average Bonchev–Trinajstić information content (AvgIpc) is 2.74. The van der Waals surface area contributed by atoms with Gasteiger partial charge in [-0.2, -0.15) is 5.10 Å². The summed E-state index contributed by atoms with van der Waals surface area (Å²) in [5.41, 5.74) is 3.32. The van der Waals surface area contributed by atoms with Gasteiger partial charge < -0.3 is 10.4 Å². The summed E-state index contributed by atoms with van der Waals surface area (Å²) in [4.78, 5) is 23.6. The predicted molar refractivity (Wildman–Crippen MR) is 86.2 cm³/mol. The van der Waals surface area contributed by atoms with Gasteiger partial charge >= 0.3 is 5.97 Å². The van der Waals surface area contributed by atoms with Gasteiger partial charge in [0.05, 0.1) is 18.0 Å². The van der Waals surface area contributed by atoms with Gasteiger partial charge in [-0.1, -0.05) is 30.3 Å². The van der Waals surface area contributed by atoms with Crippen LogP contribution in [0.1, 0.15) is 28.4 Å². The number of aromatic nitrogens is 2. The molecule has 1 aromatic heterocycles. The number of nitrogens with one attached hydrogen (secondary N) is 1. The average molecular weight is 315 g/mol. The minimum absolute atomic E-state index is 0.0660. The Balaban J connectivity index is 2.01. The van der Waals surface area contributed by atoms with Crippen LogP contribution < -0.4 is 5.32 Å². The maximum absolute atomic E-state index is 12.1. The number of hydrogen-bond acceptors (Lipinski definition) is 3. The van der Waals surface area contributed by atoms with Crippen molar-refractivity contribution in [2.24, 2.45) is 7.05 Å². The summed E-state index contributed by atoms with van der Waals surface area (Å²) in [5, 5.41) is 16.4. The fourth-order valence-electron chi connectivity index (χ4n) is 2.55. The molecular formula is C17H21N3O3. The Morgan fingerprint density at radius 2 is 1.91 bits per heavy atom. The van der Waals surface area contributed by atoms with Crippen molar-refractivity contribution in [1.29, 1.82) is 0 Å². The van der Waals surface area contributed by atoms with Gasteiger partial charge in [0.2, 0.25) is 5.91 Å². The molecule has 2 rings (SSSR count). The van der Waals surface area contributed by atoms with E-state index in [9.17, 15) is 14.7 Å². The van der Waals surface area contributed by atoms with Crippen molar-refractivity contribution in [3.8, 4) is 0 Å². The Bertz CT molecular complexity index is 707. The zero-order valence-corrected chi connectivity index (χ0v) is 13.5. The molecule has 6 nitrogen and oxygen atoms in total. The number of carbonyl (C=O) groups is 2. The molecule has 0 aliphatic heterocycles. The first-order valence-electron chi connectivity index (χ1n) is 7.43. The number of amides is 1. The molecule has 1 amide bonds. The third-order valence-electron chi connectivity index (χ3n) is 4.00. The molecule has 1 atom stereocenters.